The number of rotatable bonds is 2. The van der Waals surface area contributed by atoms with E-state index in [1.54, 1.807) is 12.1 Å². The molecule has 1 heterocycles. The van der Waals surface area contributed by atoms with Crippen molar-refractivity contribution in [1.29, 1.82) is 0 Å². The van der Waals surface area contributed by atoms with E-state index in [-0.39, 0.29) is 30.3 Å². The predicted molar refractivity (Wildman–Crippen MR) is 71.6 cm³/mol. The molecule has 3 rings (SSSR count). The molecule has 0 radical (unpaired) electrons. The minimum absolute atomic E-state index is 0.0611. The minimum atomic E-state index is -2.62. The van der Waals surface area contributed by atoms with Gasteiger partial charge in [0.1, 0.15) is 11.3 Å². The van der Waals surface area contributed by atoms with Crippen molar-refractivity contribution in [2.45, 2.75) is 51.0 Å². The lowest BCUT2D eigenvalue weighted by Gasteiger charge is -2.17. The second-order valence-electron chi connectivity index (χ2n) is 5.84. The molecule has 0 N–H and O–H groups in total. The van der Waals surface area contributed by atoms with Gasteiger partial charge in [-0.05, 0) is 32.4 Å². The maximum Gasteiger partial charge on any atom is 0.248 e. The van der Waals surface area contributed by atoms with Crippen molar-refractivity contribution in [3.63, 3.8) is 0 Å². The number of para-hydroxylation sites is 1. The highest BCUT2D eigenvalue weighted by atomic mass is 19.3. The Hall–Kier alpha value is -1.52. The van der Waals surface area contributed by atoms with Crippen LogP contribution in [-0.2, 0) is 0 Å². The molecule has 20 heavy (non-hydrogen) atoms. The Morgan fingerprint density at radius 3 is 2.70 bits per heavy atom. The number of nitrogens with zero attached hydrogens (tertiary/aromatic N) is 2. The van der Waals surface area contributed by atoms with Crippen molar-refractivity contribution in [3.05, 3.63) is 29.8 Å². The van der Waals surface area contributed by atoms with Crippen LogP contribution in [0.5, 0.6) is 0 Å². The van der Waals surface area contributed by atoms with Crippen LogP contribution in [0.4, 0.5) is 13.2 Å². The molecule has 0 saturated heterocycles. The van der Waals surface area contributed by atoms with Gasteiger partial charge in [0.15, 0.2) is 5.82 Å². The summed E-state index contributed by atoms with van der Waals surface area (Å²) in [6.07, 6.45) is 0.108. The number of fused-ring (bicyclic) bond motifs is 1. The van der Waals surface area contributed by atoms with Crippen LogP contribution in [-0.4, -0.2) is 15.5 Å². The third-order valence-corrected chi connectivity index (χ3v) is 3.98. The smallest absolute Gasteiger partial charge is 0.248 e. The first kappa shape index (κ1) is 13.5. The van der Waals surface area contributed by atoms with E-state index < -0.39 is 11.7 Å². The highest BCUT2D eigenvalue weighted by Crippen LogP contribution is 2.45. The van der Waals surface area contributed by atoms with Crippen LogP contribution in [0.3, 0.4) is 0 Å². The van der Waals surface area contributed by atoms with Gasteiger partial charge in [0, 0.05) is 24.8 Å². The molecule has 0 unspecified atom stereocenters. The van der Waals surface area contributed by atoms with Crippen molar-refractivity contribution in [3.8, 4) is 0 Å². The van der Waals surface area contributed by atoms with Crippen molar-refractivity contribution in [2.24, 2.45) is 0 Å². The van der Waals surface area contributed by atoms with Crippen molar-refractivity contribution >= 4 is 11.0 Å². The van der Waals surface area contributed by atoms with Crippen LogP contribution in [0.15, 0.2) is 18.2 Å². The number of benzene rings is 1. The van der Waals surface area contributed by atoms with Gasteiger partial charge in [0.25, 0.3) is 0 Å². The summed E-state index contributed by atoms with van der Waals surface area (Å²) < 4.78 is 42.6. The number of aromatic nitrogens is 2. The predicted octanol–water partition coefficient (Wildman–Crippen LogP) is 4.66. The third kappa shape index (κ3) is 2.09. The first-order chi connectivity index (χ1) is 9.39. The van der Waals surface area contributed by atoms with Gasteiger partial charge in [-0.2, -0.15) is 0 Å². The first-order valence-electron chi connectivity index (χ1n) is 6.93. The zero-order chi connectivity index (χ0) is 14.5. The van der Waals surface area contributed by atoms with Crippen molar-refractivity contribution < 1.29 is 13.2 Å². The van der Waals surface area contributed by atoms with Crippen molar-refractivity contribution in [2.75, 3.05) is 0 Å². The maximum absolute atomic E-state index is 13.9. The van der Waals surface area contributed by atoms with E-state index in [1.807, 2.05) is 18.4 Å². The molecule has 108 valence electrons. The average Bonchev–Trinajstić information content (AvgIpc) is 2.90. The topological polar surface area (TPSA) is 17.8 Å². The van der Waals surface area contributed by atoms with Gasteiger partial charge in [0.2, 0.25) is 5.92 Å². The molecular formula is C15H17F3N2. The molecule has 1 aromatic heterocycles. The van der Waals surface area contributed by atoms with E-state index >= 15 is 0 Å². The SMILES string of the molecule is CC(C)n1c([C@H]2CCC(F)(F)C2)nc2c(F)cccc21. The van der Waals surface area contributed by atoms with Gasteiger partial charge < -0.3 is 4.57 Å². The lowest BCUT2D eigenvalue weighted by Crippen LogP contribution is -2.13. The fourth-order valence-corrected chi connectivity index (χ4v) is 3.10. The lowest BCUT2D eigenvalue weighted by molar-refractivity contribution is 0.00744. The first-order valence-corrected chi connectivity index (χ1v) is 6.93. The summed E-state index contributed by atoms with van der Waals surface area (Å²) in [6, 6.07) is 4.84. The fraction of sp³-hybridized carbons (Fsp3) is 0.533. The van der Waals surface area contributed by atoms with Crippen molar-refractivity contribution in [1.82, 2.24) is 9.55 Å². The largest absolute Gasteiger partial charge is 0.325 e. The fourth-order valence-electron chi connectivity index (χ4n) is 3.10. The van der Waals surface area contributed by atoms with Crippen LogP contribution in [0, 0.1) is 5.82 Å². The summed E-state index contributed by atoms with van der Waals surface area (Å²) in [5.74, 6) is -2.72. The number of alkyl halides is 2. The summed E-state index contributed by atoms with van der Waals surface area (Å²) in [7, 11) is 0. The van der Waals surface area contributed by atoms with Gasteiger partial charge in [-0.25, -0.2) is 18.2 Å². The highest BCUT2D eigenvalue weighted by Gasteiger charge is 2.42. The Kier molecular flexibility index (Phi) is 3.03. The molecule has 1 aromatic carbocycles. The number of halogens is 3. The van der Waals surface area contributed by atoms with Gasteiger partial charge in [-0.3, -0.25) is 0 Å². The summed E-state index contributed by atoms with van der Waals surface area (Å²) in [6.45, 7) is 3.92. The Bertz CT molecular complexity index is 646. The summed E-state index contributed by atoms with van der Waals surface area (Å²) in [5.41, 5.74) is 0.969. The molecule has 0 spiro atoms. The summed E-state index contributed by atoms with van der Waals surface area (Å²) in [4.78, 5) is 4.34. The summed E-state index contributed by atoms with van der Waals surface area (Å²) >= 11 is 0. The molecule has 1 aliphatic carbocycles. The third-order valence-electron chi connectivity index (χ3n) is 3.98. The van der Waals surface area contributed by atoms with E-state index in [0.717, 1.165) is 0 Å². The second kappa shape index (κ2) is 4.50. The van der Waals surface area contributed by atoms with Crippen LogP contribution >= 0.6 is 0 Å². The molecule has 2 nitrogen and oxygen atoms in total. The van der Waals surface area contributed by atoms with Gasteiger partial charge >= 0.3 is 0 Å². The van der Waals surface area contributed by atoms with E-state index in [0.29, 0.717) is 17.8 Å². The Morgan fingerprint density at radius 1 is 1.35 bits per heavy atom. The zero-order valence-electron chi connectivity index (χ0n) is 11.5. The monoisotopic (exact) mass is 282 g/mol. The standard InChI is InChI=1S/C15H17F3N2/c1-9(2)20-12-5-3-4-11(16)13(12)19-14(20)10-6-7-15(17,18)8-10/h3-5,9-10H,6-8H2,1-2H3/t10-/m0/s1. The van der Waals surface area contributed by atoms with Gasteiger partial charge in [-0.1, -0.05) is 6.07 Å². The number of imidazole rings is 1. The molecule has 1 atom stereocenters. The van der Waals surface area contributed by atoms with E-state index in [9.17, 15) is 13.2 Å². The maximum atomic E-state index is 13.9. The number of hydrogen-bond acceptors (Lipinski definition) is 1. The average molecular weight is 282 g/mol. The minimum Gasteiger partial charge on any atom is -0.325 e. The molecule has 5 heteroatoms. The Morgan fingerprint density at radius 2 is 2.10 bits per heavy atom. The number of hydrogen-bond donors (Lipinski definition) is 0. The Labute approximate surface area is 115 Å². The van der Waals surface area contributed by atoms with E-state index in [1.165, 1.54) is 6.07 Å². The zero-order valence-corrected chi connectivity index (χ0v) is 11.5. The Balaban J connectivity index is 2.15. The van der Waals surface area contributed by atoms with E-state index in [2.05, 4.69) is 4.98 Å². The molecule has 2 aromatic rings. The normalized spacial score (nSPS) is 22.0. The van der Waals surface area contributed by atoms with Crippen LogP contribution in [0.2, 0.25) is 0 Å². The molecule has 1 saturated carbocycles. The van der Waals surface area contributed by atoms with Gasteiger partial charge in [0.05, 0.1) is 5.52 Å². The van der Waals surface area contributed by atoms with Crippen LogP contribution < -0.4 is 0 Å². The molecule has 1 fully saturated rings. The molecule has 0 aliphatic heterocycles. The molecule has 0 bridgehead atoms. The van der Waals surface area contributed by atoms with Crippen LogP contribution in [0.25, 0.3) is 11.0 Å². The quantitative estimate of drug-likeness (QED) is 0.783. The van der Waals surface area contributed by atoms with Crippen LogP contribution in [0.1, 0.15) is 50.9 Å². The molecule has 1 aliphatic rings. The highest BCUT2D eigenvalue weighted by molar-refractivity contribution is 5.77. The van der Waals surface area contributed by atoms with E-state index in [4.69, 9.17) is 0 Å². The lowest BCUT2D eigenvalue weighted by atomic mass is 10.1. The summed E-state index contributed by atoms with van der Waals surface area (Å²) in [5, 5.41) is 0. The molecular weight excluding hydrogens is 265 g/mol. The molecule has 0 amide bonds. The van der Waals surface area contributed by atoms with Gasteiger partial charge in [-0.15, -0.1) is 0 Å². The second-order valence-corrected chi connectivity index (χ2v) is 5.84.